The minimum atomic E-state index is -0.420. The molecule has 6 heteroatoms. The number of hydrogen-bond acceptors (Lipinski definition) is 4. The van der Waals surface area contributed by atoms with Gasteiger partial charge in [0.05, 0.1) is 5.69 Å². The summed E-state index contributed by atoms with van der Waals surface area (Å²) >= 11 is 0. The number of hydrogen-bond donors (Lipinski definition) is 2. The van der Waals surface area contributed by atoms with Crippen molar-refractivity contribution in [2.45, 2.75) is 6.92 Å². The fourth-order valence-corrected chi connectivity index (χ4v) is 2.67. The largest absolute Gasteiger partial charge is 0.369 e. The number of aryl methyl sites for hydroxylation is 1. The topological polar surface area (TPSA) is 70.1 Å². The van der Waals surface area contributed by atoms with Crippen LogP contribution in [0.4, 0.5) is 5.69 Å². The molecule has 0 spiro atoms. The Morgan fingerprint density at radius 2 is 1.86 bits per heavy atom. The van der Waals surface area contributed by atoms with Gasteiger partial charge in [-0.15, -0.1) is 0 Å². The van der Waals surface area contributed by atoms with E-state index in [9.17, 15) is 9.59 Å². The lowest BCUT2D eigenvalue weighted by atomic mass is 10.1. The Balaban J connectivity index is 1.97. The second kappa shape index (κ2) is 5.57. The van der Waals surface area contributed by atoms with E-state index in [-0.39, 0.29) is 5.56 Å². The molecule has 0 amide bonds. The molecule has 1 aliphatic rings. The second-order valence-corrected chi connectivity index (χ2v) is 5.19. The lowest BCUT2D eigenvalue weighted by Crippen LogP contribution is -2.43. The van der Waals surface area contributed by atoms with E-state index in [4.69, 9.17) is 0 Å². The molecule has 0 saturated carbocycles. The summed E-state index contributed by atoms with van der Waals surface area (Å²) in [7, 11) is 0. The van der Waals surface area contributed by atoms with Crippen LogP contribution in [0.15, 0.2) is 40.1 Å². The molecule has 2 N–H and O–H groups in total. The first-order chi connectivity index (χ1) is 10.1. The van der Waals surface area contributed by atoms with E-state index in [0.717, 1.165) is 37.4 Å². The third-order valence-corrected chi connectivity index (χ3v) is 3.74. The number of nitrogens with one attached hydrogen (secondary N) is 2. The standard InChI is InChI=1S/C15H18N4O2/c1-11-10-12(19-7-4-14(20)17-15(19)21)2-3-13(11)18-8-5-16-6-9-18/h2-4,7,10,16H,5-6,8-9H2,1H3,(H,17,20,21). The molecule has 21 heavy (non-hydrogen) atoms. The number of aromatic nitrogens is 2. The van der Waals surface area contributed by atoms with E-state index >= 15 is 0 Å². The molecule has 0 radical (unpaired) electrons. The number of anilines is 1. The third kappa shape index (κ3) is 2.75. The van der Waals surface area contributed by atoms with E-state index in [1.807, 2.05) is 25.1 Å². The van der Waals surface area contributed by atoms with Crippen molar-refractivity contribution in [1.29, 1.82) is 0 Å². The zero-order chi connectivity index (χ0) is 14.8. The van der Waals surface area contributed by atoms with Gasteiger partial charge in [-0.3, -0.25) is 14.3 Å². The SMILES string of the molecule is Cc1cc(-n2ccc(=O)[nH]c2=O)ccc1N1CCNCC1. The number of H-pyrrole nitrogens is 1. The molecule has 0 unspecified atom stereocenters. The average molecular weight is 286 g/mol. The van der Waals surface area contributed by atoms with E-state index in [0.29, 0.717) is 0 Å². The molecular formula is C15H18N4O2. The van der Waals surface area contributed by atoms with Crippen molar-refractivity contribution in [3.63, 3.8) is 0 Å². The molecular weight excluding hydrogens is 268 g/mol. The van der Waals surface area contributed by atoms with Crippen molar-refractivity contribution < 1.29 is 0 Å². The maximum Gasteiger partial charge on any atom is 0.332 e. The molecule has 1 aromatic carbocycles. The van der Waals surface area contributed by atoms with Crippen molar-refractivity contribution in [2.75, 3.05) is 31.1 Å². The van der Waals surface area contributed by atoms with Crippen LogP contribution in [-0.4, -0.2) is 35.7 Å². The van der Waals surface area contributed by atoms with Crippen LogP contribution >= 0.6 is 0 Å². The molecule has 1 aliphatic heterocycles. The molecule has 6 nitrogen and oxygen atoms in total. The van der Waals surface area contributed by atoms with Gasteiger partial charge in [-0.2, -0.15) is 0 Å². The van der Waals surface area contributed by atoms with Crippen molar-refractivity contribution >= 4 is 5.69 Å². The van der Waals surface area contributed by atoms with Crippen LogP contribution < -0.4 is 21.5 Å². The first-order valence-electron chi connectivity index (χ1n) is 7.04. The normalized spacial score (nSPS) is 15.2. The highest BCUT2D eigenvalue weighted by Crippen LogP contribution is 2.22. The van der Waals surface area contributed by atoms with Gasteiger partial charge in [0, 0.05) is 44.1 Å². The van der Waals surface area contributed by atoms with E-state index < -0.39 is 5.69 Å². The number of rotatable bonds is 2. The number of benzene rings is 1. The minimum Gasteiger partial charge on any atom is -0.369 e. The van der Waals surface area contributed by atoms with Crippen LogP contribution in [0.5, 0.6) is 0 Å². The van der Waals surface area contributed by atoms with Crippen LogP contribution in [0.2, 0.25) is 0 Å². The van der Waals surface area contributed by atoms with E-state index in [1.165, 1.54) is 22.5 Å². The van der Waals surface area contributed by atoms with Gasteiger partial charge in [-0.1, -0.05) is 0 Å². The lowest BCUT2D eigenvalue weighted by Gasteiger charge is -2.30. The molecule has 2 heterocycles. The maximum atomic E-state index is 11.8. The van der Waals surface area contributed by atoms with Crippen LogP contribution in [0, 0.1) is 6.92 Å². The van der Waals surface area contributed by atoms with Crippen LogP contribution in [-0.2, 0) is 0 Å². The highest BCUT2D eigenvalue weighted by molar-refractivity contribution is 5.57. The van der Waals surface area contributed by atoms with Gasteiger partial charge < -0.3 is 10.2 Å². The smallest absolute Gasteiger partial charge is 0.332 e. The average Bonchev–Trinajstić information content (AvgIpc) is 2.48. The van der Waals surface area contributed by atoms with Crippen molar-refractivity contribution in [3.05, 3.63) is 56.9 Å². The van der Waals surface area contributed by atoms with E-state index in [2.05, 4.69) is 15.2 Å². The highest BCUT2D eigenvalue weighted by Gasteiger charge is 2.13. The Kier molecular flexibility index (Phi) is 3.62. The Morgan fingerprint density at radius 1 is 1.10 bits per heavy atom. The second-order valence-electron chi connectivity index (χ2n) is 5.19. The Labute approximate surface area is 122 Å². The summed E-state index contributed by atoms with van der Waals surface area (Å²) in [5.74, 6) is 0. The third-order valence-electron chi connectivity index (χ3n) is 3.74. The maximum absolute atomic E-state index is 11.8. The summed E-state index contributed by atoms with van der Waals surface area (Å²) in [5, 5.41) is 3.33. The summed E-state index contributed by atoms with van der Waals surface area (Å²) in [6.45, 7) is 5.98. The summed E-state index contributed by atoms with van der Waals surface area (Å²) in [4.78, 5) is 27.6. The Hall–Kier alpha value is -2.34. The molecule has 1 aromatic heterocycles. The van der Waals surface area contributed by atoms with Crippen molar-refractivity contribution in [2.24, 2.45) is 0 Å². The molecule has 110 valence electrons. The molecule has 1 saturated heterocycles. The summed E-state index contributed by atoms with van der Waals surface area (Å²) in [6, 6.07) is 7.26. The predicted molar refractivity (Wildman–Crippen MR) is 82.5 cm³/mol. The summed E-state index contributed by atoms with van der Waals surface area (Å²) in [6.07, 6.45) is 1.50. The first kappa shape index (κ1) is 13.6. The Morgan fingerprint density at radius 3 is 2.52 bits per heavy atom. The van der Waals surface area contributed by atoms with Gasteiger partial charge in [0.15, 0.2) is 0 Å². The highest BCUT2D eigenvalue weighted by atomic mass is 16.2. The van der Waals surface area contributed by atoms with Crippen LogP contribution in [0.3, 0.4) is 0 Å². The molecule has 2 aromatic rings. The van der Waals surface area contributed by atoms with Crippen LogP contribution in [0.1, 0.15) is 5.56 Å². The van der Waals surface area contributed by atoms with Crippen molar-refractivity contribution in [1.82, 2.24) is 14.9 Å². The van der Waals surface area contributed by atoms with Crippen LogP contribution in [0.25, 0.3) is 5.69 Å². The van der Waals surface area contributed by atoms with Gasteiger partial charge in [-0.05, 0) is 30.7 Å². The minimum absolute atomic E-state index is 0.384. The number of aromatic amines is 1. The lowest BCUT2D eigenvalue weighted by molar-refractivity contribution is 0.588. The number of piperazine rings is 1. The predicted octanol–water partition coefficient (Wildman–Crippen LogP) is 0.244. The molecule has 1 fully saturated rings. The monoisotopic (exact) mass is 286 g/mol. The summed E-state index contributed by atoms with van der Waals surface area (Å²) in [5.41, 5.74) is 2.26. The first-order valence-corrected chi connectivity index (χ1v) is 7.04. The quantitative estimate of drug-likeness (QED) is 0.830. The van der Waals surface area contributed by atoms with Gasteiger partial charge in [0.2, 0.25) is 0 Å². The molecule has 0 atom stereocenters. The zero-order valence-electron chi connectivity index (χ0n) is 11.9. The van der Waals surface area contributed by atoms with Gasteiger partial charge in [-0.25, -0.2) is 4.79 Å². The molecule has 0 aliphatic carbocycles. The fraction of sp³-hybridized carbons (Fsp3) is 0.333. The van der Waals surface area contributed by atoms with Gasteiger partial charge >= 0.3 is 5.69 Å². The fourth-order valence-electron chi connectivity index (χ4n) is 2.67. The van der Waals surface area contributed by atoms with Gasteiger partial charge in [0.25, 0.3) is 5.56 Å². The molecule has 3 rings (SSSR count). The molecule has 0 bridgehead atoms. The van der Waals surface area contributed by atoms with Gasteiger partial charge in [0.1, 0.15) is 0 Å². The Bertz CT molecular complexity index is 757. The van der Waals surface area contributed by atoms with E-state index in [1.54, 1.807) is 0 Å². The number of nitrogens with zero attached hydrogens (tertiary/aromatic N) is 2. The zero-order valence-corrected chi connectivity index (χ0v) is 11.9. The van der Waals surface area contributed by atoms with Crippen molar-refractivity contribution in [3.8, 4) is 5.69 Å². The summed E-state index contributed by atoms with van der Waals surface area (Å²) < 4.78 is 1.44.